The average molecular weight is 276 g/mol. The summed E-state index contributed by atoms with van der Waals surface area (Å²) in [5.74, 6) is 0.535. The van der Waals surface area contributed by atoms with Gasteiger partial charge in [-0.2, -0.15) is 0 Å². The Morgan fingerprint density at radius 2 is 1.75 bits per heavy atom. The van der Waals surface area contributed by atoms with Gasteiger partial charge in [-0.15, -0.1) is 0 Å². The summed E-state index contributed by atoms with van der Waals surface area (Å²) in [5.41, 5.74) is 7.95. The van der Waals surface area contributed by atoms with Gasteiger partial charge < -0.3 is 15.0 Å². The van der Waals surface area contributed by atoms with Crippen LogP contribution in [0, 0.1) is 5.92 Å². The van der Waals surface area contributed by atoms with E-state index >= 15 is 0 Å². The molecule has 1 aliphatic rings. The van der Waals surface area contributed by atoms with Crippen molar-refractivity contribution in [2.24, 2.45) is 5.92 Å². The van der Waals surface area contributed by atoms with Crippen LogP contribution < -0.4 is 11.2 Å². The Morgan fingerprint density at radius 3 is 2.20 bits per heavy atom. The molecule has 0 amide bonds. The number of nitrogens with zero attached hydrogens (tertiary/aromatic N) is 1. The normalized spacial score (nSPS) is 20.6. The van der Waals surface area contributed by atoms with Crippen LogP contribution in [-0.2, 0) is 15.7 Å². The number of anilines is 1. The topological polar surface area (TPSA) is 57.4 Å². The molecule has 1 fully saturated rings. The van der Waals surface area contributed by atoms with Crippen LogP contribution >= 0.6 is 0 Å². The molecule has 0 spiro atoms. The second-order valence-corrected chi connectivity index (χ2v) is 6.99. The van der Waals surface area contributed by atoms with Crippen LogP contribution in [0.15, 0.2) is 12.3 Å². The summed E-state index contributed by atoms with van der Waals surface area (Å²) in [6.07, 6.45) is 2.70. The molecule has 0 aliphatic carbocycles. The van der Waals surface area contributed by atoms with Gasteiger partial charge in [0.05, 0.1) is 22.6 Å². The minimum absolute atomic E-state index is 0.344. The zero-order valence-corrected chi connectivity index (χ0v) is 13.4. The third kappa shape index (κ3) is 2.84. The quantitative estimate of drug-likeness (QED) is 0.859. The summed E-state index contributed by atoms with van der Waals surface area (Å²) in [5, 5.41) is 0. The first-order chi connectivity index (χ1) is 9.12. The number of pyridine rings is 1. The van der Waals surface area contributed by atoms with E-state index in [2.05, 4.69) is 18.8 Å². The van der Waals surface area contributed by atoms with Crippen molar-refractivity contribution in [3.63, 3.8) is 0 Å². The maximum absolute atomic E-state index is 6.10. The molecular weight excluding hydrogens is 251 g/mol. The highest BCUT2D eigenvalue weighted by molar-refractivity contribution is 6.62. The summed E-state index contributed by atoms with van der Waals surface area (Å²) in [7, 11) is -0.400. The van der Waals surface area contributed by atoms with Gasteiger partial charge in [-0.05, 0) is 46.1 Å². The van der Waals surface area contributed by atoms with Crippen LogP contribution in [0.3, 0.4) is 0 Å². The van der Waals surface area contributed by atoms with Crippen molar-refractivity contribution >= 4 is 18.3 Å². The van der Waals surface area contributed by atoms with Crippen LogP contribution in [-0.4, -0.2) is 23.3 Å². The molecule has 0 unspecified atom stereocenters. The van der Waals surface area contributed by atoms with E-state index in [4.69, 9.17) is 15.0 Å². The van der Waals surface area contributed by atoms with Gasteiger partial charge in [0, 0.05) is 11.7 Å². The van der Waals surface area contributed by atoms with E-state index in [0.717, 1.165) is 17.6 Å². The molecule has 1 saturated heterocycles. The summed E-state index contributed by atoms with van der Waals surface area (Å²) >= 11 is 0. The Bertz CT molecular complexity index is 485. The van der Waals surface area contributed by atoms with Gasteiger partial charge in [-0.1, -0.05) is 13.8 Å². The van der Waals surface area contributed by atoms with Gasteiger partial charge in [0.15, 0.2) is 0 Å². The largest absolute Gasteiger partial charge is 0.496 e. The molecule has 2 rings (SSSR count). The van der Waals surface area contributed by atoms with Gasteiger partial charge in [0.25, 0.3) is 0 Å². The first kappa shape index (κ1) is 15.3. The number of hydrogen-bond donors (Lipinski definition) is 1. The fourth-order valence-corrected chi connectivity index (χ4v) is 2.19. The van der Waals surface area contributed by atoms with Crippen LogP contribution in [0.25, 0.3) is 0 Å². The van der Waals surface area contributed by atoms with Crippen molar-refractivity contribution in [1.82, 2.24) is 4.98 Å². The van der Waals surface area contributed by atoms with E-state index in [0.29, 0.717) is 11.6 Å². The van der Waals surface area contributed by atoms with Crippen molar-refractivity contribution in [1.29, 1.82) is 0 Å². The van der Waals surface area contributed by atoms with Crippen molar-refractivity contribution < 1.29 is 9.31 Å². The maximum atomic E-state index is 6.10. The van der Waals surface area contributed by atoms with Gasteiger partial charge in [0.1, 0.15) is 0 Å². The second kappa shape index (κ2) is 5.04. The van der Waals surface area contributed by atoms with Gasteiger partial charge in [-0.3, -0.25) is 4.98 Å². The minimum atomic E-state index is -0.400. The Kier molecular flexibility index (Phi) is 3.86. The summed E-state index contributed by atoms with van der Waals surface area (Å²) in [6.45, 7) is 12.5. The lowest BCUT2D eigenvalue weighted by Crippen LogP contribution is -2.41. The summed E-state index contributed by atoms with van der Waals surface area (Å²) in [4.78, 5) is 4.47. The molecule has 0 saturated carbocycles. The number of aromatic nitrogens is 1. The first-order valence-corrected chi connectivity index (χ1v) is 7.22. The standard InChI is InChI=1S/C15H25BN2O2/c1-10(2)7-13-12(17)8-11(9-18-13)16-19-14(3,4)15(5,6)20-16/h8-10H,7,17H2,1-6H3. The molecule has 0 bridgehead atoms. The molecule has 0 aromatic carbocycles. The second-order valence-electron chi connectivity index (χ2n) is 6.99. The molecule has 4 nitrogen and oxygen atoms in total. The average Bonchev–Trinajstić information content (AvgIpc) is 2.50. The Morgan fingerprint density at radius 1 is 1.20 bits per heavy atom. The number of rotatable bonds is 3. The minimum Gasteiger partial charge on any atom is -0.399 e. The van der Waals surface area contributed by atoms with Crippen molar-refractivity contribution in [2.75, 3.05) is 5.73 Å². The number of nitrogens with two attached hydrogens (primary N) is 1. The van der Waals surface area contributed by atoms with Gasteiger partial charge in [-0.25, -0.2) is 0 Å². The fourth-order valence-electron chi connectivity index (χ4n) is 2.19. The van der Waals surface area contributed by atoms with Crippen LogP contribution in [0.1, 0.15) is 47.2 Å². The zero-order chi connectivity index (χ0) is 15.1. The number of nitrogen functional groups attached to an aromatic ring is 1. The third-order valence-corrected chi connectivity index (χ3v) is 4.15. The lowest BCUT2D eigenvalue weighted by molar-refractivity contribution is 0.00578. The van der Waals surface area contributed by atoms with E-state index in [1.165, 1.54) is 0 Å². The van der Waals surface area contributed by atoms with Gasteiger partial charge >= 0.3 is 7.12 Å². The lowest BCUT2D eigenvalue weighted by Gasteiger charge is -2.32. The molecule has 1 aliphatic heterocycles. The van der Waals surface area contributed by atoms with Crippen LogP contribution in [0.4, 0.5) is 5.69 Å². The number of hydrogen-bond acceptors (Lipinski definition) is 4. The smallest absolute Gasteiger partial charge is 0.399 e. The zero-order valence-electron chi connectivity index (χ0n) is 13.4. The third-order valence-electron chi connectivity index (χ3n) is 4.15. The first-order valence-electron chi connectivity index (χ1n) is 7.22. The van der Waals surface area contributed by atoms with Crippen molar-refractivity contribution in [3.05, 3.63) is 18.0 Å². The fraction of sp³-hybridized carbons (Fsp3) is 0.667. The van der Waals surface area contributed by atoms with Crippen LogP contribution in [0.2, 0.25) is 0 Å². The molecular formula is C15H25BN2O2. The van der Waals surface area contributed by atoms with Gasteiger partial charge in [0.2, 0.25) is 0 Å². The van der Waals surface area contributed by atoms with E-state index in [1.54, 1.807) is 0 Å². The Balaban J connectivity index is 2.22. The Hall–Kier alpha value is -1.07. The highest BCUT2D eigenvalue weighted by atomic mass is 16.7. The van der Waals surface area contributed by atoms with Crippen molar-refractivity contribution in [2.45, 2.75) is 59.2 Å². The van der Waals surface area contributed by atoms with Crippen LogP contribution in [0.5, 0.6) is 0 Å². The van der Waals surface area contributed by atoms with Crippen molar-refractivity contribution in [3.8, 4) is 0 Å². The predicted octanol–water partition coefficient (Wildman–Crippen LogP) is 2.16. The lowest BCUT2D eigenvalue weighted by atomic mass is 9.80. The molecule has 20 heavy (non-hydrogen) atoms. The summed E-state index contributed by atoms with van der Waals surface area (Å²) < 4.78 is 12.0. The highest BCUT2D eigenvalue weighted by Gasteiger charge is 2.51. The monoisotopic (exact) mass is 276 g/mol. The maximum Gasteiger partial charge on any atom is 0.496 e. The molecule has 0 radical (unpaired) electrons. The Labute approximate surface area is 122 Å². The molecule has 5 heteroatoms. The molecule has 1 aromatic heterocycles. The highest BCUT2D eigenvalue weighted by Crippen LogP contribution is 2.36. The van der Waals surface area contributed by atoms with E-state index < -0.39 is 7.12 Å². The molecule has 2 N–H and O–H groups in total. The van der Waals surface area contributed by atoms with E-state index in [-0.39, 0.29) is 11.2 Å². The molecule has 2 heterocycles. The van der Waals surface area contributed by atoms with E-state index in [1.807, 2.05) is 40.0 Å². The molecule has 0 atom stereocenters. The van der Waals surface area contributed by atoms with E-state index in [9.17, 15) is 0 Å². The SMILES string of the molecule is CC(C)Cc1ncc(B2OC(C)(C)C(C)(C)O2)cc1N. The summed E-state index contributed by atoms with van der Waals surface area (Å²) in [6, 6.07) is 1.92. The molecule has 1 aromatic rings. The predicted molar refractivity (Wildman–Crippen MR) is 82.9 cm³/mol. The molecule has 110 valence electrons.